The molecule has 0 unspecified atom stereocenters. The van der Waals surface area contributed by atoms with Gasteiger partial charge in [-0.25, -0.2) is 0 Å². The SMILES string of the molecule is CN(CCc1ccc([N+](=O)[O-])cc1)C1CCN(c2ccc(C#N)cc2)CC1. The molecule has 2 aromatic rings. The Labute approximate surface area is 159 Å². The molecule has 0 N–H and O–H groups in total. The fourth-order valence-electron chi connectivity index (χ4n) is 3.58. The van der Waals surface area contributed by atoms with Gasteiger partial charge in [0.1, 0.15) is 0 Å². The smallest absolute Gasteiger partial charge is 0.269 e. The van der Waals surface area contributed by atoms with Crippen LogP contribution in [0, 0.1) is 21.4 Å². The third-order valence-corrected chi connectivity index (χ3v) is 5.35. The molecular formula is C21H24N4O2. The third kappa shape index (κ3) is 4.83. The van der Waals surface area contributed by atoms with Crippen LogP contribution in [0.4, 0.5) is 11.4 Å². The van der Waals surface area contributed by atoms with Crippen molar-refractivity contribution in [2.75, 3.05) is 31.6 Å². The molecule has 0 aromatic heterocycles. The molecule has 1 aliphatic heterocycles. The fraction of sp³-hybridized carbons (Fsp3) is 0.381. The molecule has 0 atom stereocenters. The van der Waals surface area contributed by atoms with Crippen molar-refractivity contribution in [1.29, 1.82) is 5.26 Å². The van der Waals surface area contributed by atoms with Crippen molar-refractivity contribution in [1.82, 2.24) is 4.90 Å². The zero-order valence-corrected chi connectivity index (χ0v) is 15.5. The summed E-state index contributed by atoms with van der Waals surface area (Å²) in [6.45, 7) is 2.97. The van der Waals surface area contributed by atoms with Gasteiger partial charge < -0.3 is 9.80 Å². The van der Waals surface area contributed by atoms with Crippen LogP contribution in [0.3, 0.4) is 0 Å². The monoisotopic (exact) mass is 364 g/mol. The topological polar surface area (TPSA) is 73.4 Å². The number of hydrogen-bond acceptors (Lipinski definition) is 5. The lowest BCUT2D eigenvalue weighted by atomic mass is 10.0. The lowest BCUT2D eigenvalue weighted by Gasteiger charge is -2.38. The molecule has 0 aliphatic carbocycles. The van der Waals surface area contributed by atoms with Crippen molar-refractivity contribution in [3.05, 3.63) is 69.8 Å². The predicted molar refractivity (Wildman–Crippen MR) is 106 cm³/mol. The second kappa shape index (κ2) is 8.65. The van der Waals surface area contributed by atoms with Crippen LogP contribution >= 0.6 is 0 Å². The van der Waals surface area contributed by atoms with Crippen LogP contribution in [0.15, 0.2) is 48.5 Å². The molecule has 0 saturated carbocycles. The standard InChI is InChI=1S/C21H24N4O2/c1-23(13-10-17-2-8-21(9-3-17)25(26)27)19-11-14-24(15-12-19)20-6-4-18(16-22)5-7-20/h2-9,19H,10-15H2,1H3. The van der Waals surface area contributed by atoms with Crippen LogP contribution in [0.5, 0.6) is 0 Å². The summed E-state index contributed by atoms with van der Waals surface area (Å²) in [5.74, 6) is 0. The Morgan fingerprint density at radius 2 is 1.78 bits per heavy atom. The number of non-ortho nitro benzene ring substituents is 1. The van der Waals surface area contributed by atoms with Crippen molar-refractivity contribution in [2.24, 2.45) is 0 Å². The fourth-order valence-corrected chi connectivity index (χ4v) is 3.58. The highest BCUT2D eigenvalue weighted by Crippen LogP contribution is 2.23. The Balaban J connectivity index is 1.47. The number of anilines is 1. The number of likely N-dealkylation sites (N-methyl/N-ethyl adjacent to an activating group) is 1. The van der Waals surface area contributed by atoms with Gasteiger partial charge in [-0.1, -0.05) is 12.1 Å². The van der Waals surface area contributed by atoms with Crippen molar-refractivity contribution < 1.29 is 4.92 Å². The van der Waals surface area contributed by atoms with Gasteiger partial charge in [-0.15, -0.1) is 0 Å². The first-order valence-corrected chi connectivity index (χ1v) is 9.25. The Morgan fingerprint density at radius 3 is 2.33 bits per heavy atom. The number of nitriles is 1. The largest absolute Gasteiger partial charge is 0.371 e. The number of nitro benzene ring substituents is 1. The normalized spacial score (nSPS) is 14.9. The molecule has 6 heteroatoms. The minimum absolute atomic E-state index is 0.141. The average molecular weight is 364 g/mol. The van der Waals surface area contributed by atoms with E-state index in [1.54, 1.807) is 12.1 Å². The van der Waals surface area contributed by atoms with Crippen LogP contribution in [0.2, 0.25) is 0 Å². The second-order valence-electron chi connectivity index (χ2n) is 7.03. The van der Waals surface area contributed by atoms with E-state index in [4.69, 9.17) is 5.26 Å². The molecule has 1 saturated heterocycles. The first kappa shape index (κ1) is 18.9. The first-order valence-electron chi connectivity index (χ1n) is 9.25. The van der Waals surface area contributed by atoms with E-state index < -0.39 is 0 Å². The minimum atomic E-state index is -0.364. The summed E-state index contributed by atoms with van der Waals surface area (Å²) in [5.41, 5.74) is 3.14. The van der Waals surface area contributed by atoms with Crippen molar-refractivity contribution >= 4 is 11.4 Å². The number of nitro groups is 1. The summed E-state index contributed by atoms with van der Waals surface area (Å²) in [5, 5.41) is 19.6. The van der Waals surface area contributed by atoms with Gasteiger partial charge in [-0.3, -0.25) is 10.1 Å². The van der Waals surface area contributed by atoms with Crippen LogP contribution in [-0.2, 0) is 6.42 Å². The molecule has 0 amide bonds. The van der Waals surface area contributed by atoms with E-state index in [9.17, 15) is 10.1 Å². The molecule has 1 heterocycles. The molecule has 3 rings (SSSR count). The summed E-state index contributed by atoms with van der Waals surface area (Å²) < 4.78 is 0. The maximum atomic E-state index is 10.7. The van der Waals surface area contributed by atoms with Crippen molar-refractivity contribution in [3.63, 3.8) is 0 Å². The third-order valence-electron chi connectivity index (χ3n) is 5.35. The van der Waals surface area contributed by atoms with E-state index in [2.05, 4.69) is 22.9 Å². The summed E-state index contributed by atoms with van der Waals surface area (Å²) in [6, 6.07) is 17.3. The predicted octanol–water partition coefficient (Wildman–Crippen LogP) is 3.61. The average Bonchev–Trinajstić information content (AvgIpc) is 2.72. The summed E-state index contributed by atoms with van der Waals surface area (Å²) >= 11 is 0. The lowest BCUT2D eigenvalue weighted by molar-refractivity contribution is -0.384. The first-order chi connectivity index (χ1) is 13.1. The number of piperidine rings is 1. The van der Waals surface area contributed by atoms with Gasteiger partial charge in [0.15, 0.2) is 0 Å². The Bertz CT molecular complexity index is 804. The molecule has 6 nitrogen and oxygen atoms in total. The number of nitrogens with zero attached hydrogens (tertiary/aromatic N) is 4. The lowest BCUT2D eigenvalue weighted by Crippen LogP contribution is -2.44. The summed E-state index contributed by atoms with van der Waals surface area (Å²) in [6.07, 6.45) is 3.11. The number of hydrogen-bond donors (Lipinski definition) is 0. The molecule has 1 fully saturated rings. The zero-order valence-electron chi connectivity index (χ0n) is 15.5. The van der Waals surface area contributed by atoms with E-state index in [1.165, 1.54) is 5.69 Å². The van der Waals surface area contributed by atoms with E-state index in [0.29, 0.717) is 11.6 Å². The Hall–Kier alpha value is -2.91. The van der Waals surface area contributed by atoms with Gasteiger partial charge in [-0.05, 0) is 56.1 Å². The van der Waals surface area contributed by atoms with E-state index in [-0.39, 0.29) is 10.6 Å². The molecule has 140 valence electrons. The molecule has 2 aromatic carbocycles. The second-order valence-corrected chi connectivity index (χ2v) is 7.03. The number of benzene rings is 2. The highest BCUT2D eigenvalue weighted by Gasteiger charge is 2.22. The van der Waals surface area contributed by atoms with Crippen LogP contribution in [0.1, 0.15) is 24.0 Å². The molecule has 27 heavy (non-hydrogen) atoms. The number of rotatable bonds is 6. The van der Waals surface area contributed by atoms with Gasteiger partial charge in [0, 0.05) is 43.5 Å². The highest BCUT2D eigenvalue weighted by atomic mass is 16.6. The van der Waals surface area contributed by atoms with Crippen molar-refractivity contribution in [2.45, 2.75) is 25.3 Å². The maximum Gasteiger partial charge on any atom is 0.269 e. The van der Waals surface area contributed by atoms with Crippen LogP contribution < -0.4 is 4.90 Å². The Morgan fingerprint density at radius 1 is 1.15 bits per heavy atom. The van der Waals surface area contributed by atoms with E-state index >= 15 is 0 Å². The molecule has 0 bridgehead atoms. The van der Waals surface area contributed by atoms with E-state index in [0.717, 1.165) is 44.5 Å². The quantitative estimate of drug-likeness (QED) is 0.578. The van der Waals surface area contributed by atoms with Gasteiger partial charge in [0.25, 0.3) is 5.69 Å². The van der Waals surface area contributed by atoms with Gasteiger partial charge >= 0.3 is 0 Å². The van der Waals surface area contributed by atoms with Gasteiger partial charge in [0.2, 0.25) is 0 Å². The molecule has 1 aliphatic rings. The van der Waals surface area contributed by atoms with Gasteiger partial charge in [0.05, 0.1) is 16.6 Å². The van der Waals surface area contributed by atoms with Crippen LogP contribution in [0.25, 0.3) is 0 Å². The van der Waals surface area contributed by atoms with E-state index in [1.807, 2.05) is 36.4 Å². The summed E-state index contributed by atoms with van der Waals surface area (Å²) in [7, 11) is 2.16. The Kier molecular flexibility index (Phi) is 6.05. The molecule has 0 radical (unpaired) electrons. The zero-order chi connectivity index (χ0) is 19.2. The highest BCUT2D eigenvalue weighted by molar-refractivity contribution is 5.50. The molecule has 0 spiro atoms. The summed E-state index contributed by atoms with van der Waals surface area (Å²) in [4.78, 5) is 15.1. The molecular weight excluding hydrogens is 340 g/mol. The van der Waals surface area contributed by atoms with Crippen molar-refractivity contribution in [3.8, 4) is 6.07 Å². The van der Waals surface area contributed by atoms with Crippen LogP contribution in [-0.4, -0.2) is 42.5 Å². The van der Waals surface area contributed by atoms with Gasteiger partial charge in [-0.2, -0.15) is 5.26 Å². The minimum Gasteiger partial charge on any atom is -0.371 e. The maximum absolute atomic E-state index is 10.7.